The largest absolute Gasteiger partial charge is 0.327 e. The van der Waals surface area contributed by atoms with Crippen LogP contribution < -0.4 is 4.90 Å². The number of aromatic nitrogens is 2. The summed E-state index contributed by atoms with van der Waals surface area (Å²) in [5, 5.41) is 0. The minimum absolute atomic E-state index is 0.134. The van der Waals surface area contributed by atoms with Gasteiger partial charge in [-0.25, -0.2) is 4.98 Å². The summed E-state index contributed by atoms with van der Waals surface area (Å²) >= 11 is 0. The van der Waals surface area contributed by atoms with E-state index in [1.807, 2.05) is 23.1 Å². The van der Waals surface area contributed by atoms with Gasteiger partial charge >= 0.3 is 0 Å². The number of benzene rings is 2. The Kier molecular flexibility index (Phi) is 4.27. The number of aryl methyl sites for hydroxylation is 1. The monoisotopic (exact) mass is 347 g/mol. The van der Waals surface area contributed by atoms with Crippen LogP contribution in [0.2, 0.25) is 0 Å². The molecule has 2 heterocycles. The van der Waals surface area contributed by atoms with Crippen LogP contribution >= 0.6 is 0 Å². The molecule has 3 aromatic rings. The van der Waals surface area contributed by atoms with Crippen LogP contribution in [0.4, 0.5) is 5.69 Å². The highest BCUT2D eigenvalue weighted by Gasteiger charge is 2.34. The third kappa shape index (κ3) is 3.00. The fourth-order valence-electron chi connectivity index (χ4n) is 3.82. The van der Waals surface area contributed by atoms with E-state index in [-0.39, 0.29) is 11.8 Å². The van der Waals surface area contributed by atoms with E-state index in [1.165, 1.54) is 5.56 Å². The van der Waals surface area contributed by atoms with Gasteiger partial charge in [-0.3, -0.25) is 4.79 Å². The molecule has 4 rings (SSSR count). The number of amides is 1. The highest BCUT2D eigenvalue weighted by molar-refractivity contribution is 5.96. The zero-order valence-corrected chi connectivity index (χ0v) is 15.6. The quantitative estimate of drug-likeness (QED) is 0.696. The number of anilines is 1. The van der Waals surface area contributed by atoms with E-state index in [1.54, 1.807) is 0 Å². The van der Waals surface area contributed by atoms with Crippen LogP contribution in [0.15, 0.2) is 48.5 Å². The van der Waals surface area contributed by atoms with Gasteiger partial charge in [0.05, 0.1) is 11.0 Å². The summed E-state index contributed by atoms with van der Waals surface area (Å²) in [6.45, 7) is 8.12. The first-order chi connectivity index (χ1) is 12.5. The van der Waals surface area contributed by atoms with Crippen molar-refractivity contribution in [3.05, 3.63) is 59.9 Å². The van der Waals surface area contributed by atoms with Gasteiger partial charge in [0.25, 0.3) is 0 Å². The number of rotatable bonds is 4. The maximum atomic E-state index is 12.7. The molecule has 0 unspecified atom stereocenters. The van der Waals surface area contributed by atoms with Crippen molar-refractivity contribution in [2.24, 2.45) is 5.92 Å². The smallest absolute Gasteiger partial charge is 0.227 e. The summed E-state index contributed by atoms with van der Waals surface area (Å²) in [7, 11) is 0. The molecule has 1 atom stereocenters. The third-order valence-corrected chi connectivity index (χ3v) is 5.07. The molecule has 0 bridgehead atoms. The summed E-state index contributed by atoms with van der Waals surface area (Å²) in [6, 6.07) is 16.5. The lowest BCUT2D eigenvalue weighted by Gasteiger charge is -2.18. The highest BCUT2D eigenvalue weighted by atomic mass is 16.2. The molecule has 0 spiro atoms. The molecule has 2 aromatic carbocycles. The lowest BCUT2D eigenvalue weighted by molar-refractivity contribution is -0.117. The maximum Gasteiger partial charge on any atom is 0.227 e. The first-order valence-corrected chi connectivity index (χ1v) is 9.35. The average molecular weight is 347 g/mol. The second kappa shape index (κ2) is 6.60. The van der Waals surface area contributed by atoms with Crippen molar-refractivity contribution in [2.75, 3.05) is 11.4 Å². The van der Waals surface area contributed by atoms with Crippen molar-refractivity contribution in [1.29, 1.82) is 0 Å². The molecule has 0 radical (unpaired) electrons. The molecule has 1 saturated heterocycles. The van der Waals surface area contributed by atoms with Crippen LogP contribution in [0.3, 0.4) is 0 Å². The molecule has 134 valence electrons. The Labute approximate surface area is 154 Å². The van der Waals surface area contributed by atoms with Gasteiger partial charge < -0.3 is 9.47 Å². The van der Waals surface area contributed by atoms with E-state index in [2.05, 4.69) is 55.7 Å². The van der Waals surface area contributed by atoms with Crippen molar-refractivity contribution in [2.45, 2.75) is 39.7 Å². The first-order valence-electron chi connectivity index (χ1n) is 9.35. The SMILES string of the molecule is Cc1ccc(N2C[C@H](c3nc4ccccc4n3CC(C)C)CC2=O)cc1. The maximum absolute atomic E-state index is 12.7. The van der Waals surface area contributed by atoms with Gasteiger partial charge in [0, 0.05) is 31.1 Å². The summed E-state index contributed by atoms with van der Waals surface area (Å²) in [5.41, 5.74) is 4.37. The van der Waals surface area contributed by atoms with Gasteiger partial charge in [-0.15, -0.1) is 0 Å². The number of fused-ring (bicyclic) bond motifs is 1. The van der Waals surface area contributed by atoms with Crippen molar-refractivity contribution in [1.82, 2.24) is 9.55 Å². The van der Waals surface area contributed by atoms with Crippen molar-refractivity contribution >= 4 is 22.6 Å². The average Bonchev–Trinajstić information content (AvgIpc) is 3.16. The van der Waals surface area contributed by atoms with Gasteiger partial charge in [0.15, 0.2) is 0 Å². The van der Waals surface area contributed by atoms with Crippen molar-refractivity contribution in [3.63, 3.8) is 0 Å². The lowest BCUT2D eigenvalue weighted by atomic mass is 10.1. The Bertz CT molecular complexity index is 940. The second-order valence-corrected chi connectivity index (χ2v) is 7.70. The van der Waals surface area contributed by atoms with Gasteiger partial charge in [-0.1, -0.05) is 43.7 Å². The fraction of sp³-hybridized carbons (Fsp3) is 0.364. The van der Waals surface area contributed by atoms with E-state index >= 15 is 0 Å². The first kappa shape index (κ1) is 16.8. The molecule has 1 aromatic heterocycles. The van der Waals surface area contributed by atoms with Crippen LogP contribution in [0.5, 0.6) is 0 Å². The van der Waals surface area contributed by atoms with E-state index in [9.17, 15) is 4.79 Å². The number of nitrogens with zero attached hydrogens (tertiary/aromatic N) is 3. The van der Waals surface area contributed by atoms with Crippen LogP contribution in [-0.2, 0) is 11.3 Å². The molecule has 26 heavy (non-hydrogen) atoms. The molecule has 0 N–H and O–H groups in total. The highest BCUT2D eigenvalue weighted by Crippen LogP contribution is 2.33. The predicted octanol–water partition coefficient (Wildman–Crippen LogP) is 4.52. The van der Waals surface area contributed by atoms with E-state index in [0.29, 0.717) is 18.9 Å². The van der Waals surface area contributed by atoms with Crippen LogP contribution in [0.25, 0.3) is 11.0 Å². The standard InChI is InChI=1S/C22H25N3O/c1-15(2)13-25-20-7-5-4-6-19(20)23-22(25)17-12-21(26)24(14-17)18-10-8-16(3)9-11-18/h4-11,15,17H,12-14H2,1-3H3/t17-/m1/s1. The number of imidazole rings is 1. The molecule has 4 nitrogen and oxygen atoms in total. The van der Waals surface area contributed by atoms with Crippen LogP contribution in [0.1, 0.15) is 37.6 Å². The zero-order valence-electron chi connectivity index (χ0n) is 15.6. The number of hydrogen-bond acceptors (Lipinski definition) is 2. The lowest BCUT2D eigenvalue weighted by Crippen LogP contribution is -2.24. The van der Waals surface area contributed by atoms with Gasteiger partial charge in [-0.2, -0.15) is 0 Å². The third-order valence-electron chi connectivity index (χ3n) is 5.07. The van der Waals surface area contributed by atoms with Gasteiger partial charge in [0.2, 0.25) is 5.91 Å². The van der Waals surface area contributed by atoms with Gasteiger partial charge in [0.1, 0.15) is 5.82 Å². The summed E-state index contributed by atoms with van der Waals surface area (Å²) in [4.78, 5) is 19.5. The number of para-hydroxylation sites is 2. The molecular weight excluding hydrogens is 322 g/mol. The molecule has 4 heteroatoms. The molecule has 0 saturated carbocycles. The number of carbonyl (C=O) groups excluding carboxylic acids is 1. The predicted molar refractivity (Wildman–Crippen MR) is 105 cm³/mol. The molecule has 1 aliphatic rings. The molecule has 1 fully saturated rings. The topological polar surface area (TPSA) is 38.1 Å². The Balaban J connectivity index is 1.69. The van der Waals surface area contributed by atoms with Crippen LogP contribution in [0, 0.1) is 12.8 Å². The van der Waals surface area contributed by atoms with E-state index in [4.69, 9.17) is 4.98 Å². The van der Waals surface area contributed by atoms with Crippen LogP contribution in [-0.4, -0.2) is 22.0 Å². The molecular formula is C22H25N3O. The summed E-state index contributed by atoms with van der Waals surface area (Å²) in [5.74, 6) is 1.89. The molecule has 1 aliphatic heterocycles. The zero-order chi connectivity index (χ0) is 18.3. The summed E-state index contributed by atoms with van der Waals surface area (Å²) < 4.78 is 2.32. The fourth-order valence-corrected chi connectivity index (χ4v) is 3.82. The Morgan fingerprint density at radius 3 is 2.58 bits per heavy atom. The molecule has 1 amide bonds. The molecule has 0 aliphatic carbocycles. The van der Waals surface area contributed by atoms with E-state index in [0.717, 1.165) is 29.1 Å². The minimum Gasteiger partial charge on any atom is -0.327 e. The Morgan fingerprint density at radius 2 is 1.85 bits per heavy atom. The Morgan fingerprint density at radius 1 is 1.12 bits per heavy atom. The second-order valence-electron chi connectivity index (χ2n) is 7.70. The van der Waals surface area contributed by atoms with Gasteiger partial charge in [-0.05, 0) is 37.1 Å². The number of hydrogen-bond donors (Lipinski definition) is 0. The number of carbonyl (C=O) groups is 1. The summed E-state index contributed by atoms with van der Waals surface area (Å²) in [6.07, 6.45) is 0.523. The van der Waals surface area contributed by atoms with Crippen molar-refractivity contribution in [3.8, 4) is 0 Å². The normalized spacial score (nSPS) is 17.6. The van der Waals surface area contributed by atoms with Crippen molar-refractivity contribution < 1.29 is 4.79 Å². The van der Waals surface area contributed by atoms with E-state index < -0.39 is 0 Å². The Hall–Kier alpha value is -2.62. The minimum atomic E-state index is 0.134.